The summed E-state index contributed by atoms with van der Waals surface area (Å²) in [5.41, 5.74) is 2.24. The molecule has 2 N–H and O–H groups in total. The van der Waals surface area contributed by atoms with Crippen LogP contribution in [0.4, 0.5) is 24.5 Å². The minimum absolute atomic E-state index is 0.0166. The highest BCUT2D eigenvalue weighted by atomic mass is 19.4. The zero-order valence-corrected chi connectivity index (χ0v) is 26.6. The maximum Gasteiger partial charge on any atom is 0.418 e. The topological polar surface area (TPSA) is 114 Å². The fourth-order valence-electron chi connectivity index (χ4n) is 5.80. The van der Waals surface area contributed by atoms with Gasteiger partial charge in [0.05, 0.1) is 11.1 Å². The van der Waals surface area contributed by atoms with Gasteiger partial charge in [-0.05, 0) is 79.8 Å². The van der Waals surface area contributed by atoms with Crippen molar-refractivity contribution in [2.45, 2.75) is 32.9 Å². The van der Waals surface area contributed by atoms with E-state index >= 15 is 0 Å². The predicted octanol–water partition coefficient (Wildman–Crippen LogP) is 6.75. The molecular weight excluding hydrogens is 623 g/mol. The Morgan fingerprint density at radius 3 is 2.46 bits per heavy atom. The summed E-state index contributed by atoms with van der Waals surface area (Å²) in [5.74, 6) is 0.568. The first-order valence-electron chi connectivity index (χ1n) is 15.5. The molecule has 248 valence electrons. The number of carbonyl (C=O) groups is 2. The van der Waals surface area contributed by atoms with E-state index in [1.54, 1.807) is 41.6 Å². The zero-order valence-electron chi connectivity index (χ0n) is 26.6. The van der Waals surface area contributed by atoms with Crippen LogP contribution in [0.5, 0.6) is 11.6 Å². The number of alkyl halides is 3. The maximum absolute atomic E-state index is 14.3. The largest absolute Gasteiger partial charge is 0.437 e. The molecule has 6 rings (SSSR count). The molecule has 0 unspecified atom stereocenters. The summed E-state index contributed by atoms with van der Waals surface area (Å²) in [4.78, 5) is 39.7. The van der Waals surface area contributed by atoms with Gasteiger partial charge in [0.1, 0.15) is 11.3 Å². The van der Waals surface area contributed by atoms with Crippen LogP contribution in [0.2, 0.25) is 0 Å². The first kappa shape index (κ1) is 32.5. The number of benzene rings is 2. The van der Waals surface area contributed by atoms with Crippen LogP contribution in [0, 0.1) is 12.8 Å². The monoisotopic (exact) mass is 657 g/mol. The second-order valence-corrected chi connectivity index (χ2v) is 11.9. The molecule has 2 aromatic carbocycles. The van der Waals surface area contributed by atoms with Crippen LogP contribution in [-0.4, -0.2) is 51.0 Å². The van der Waals surface area contributed by atoms with Crippen molar-refractivity contribution in [2.75, 3.05) is 29.9 Å². The number of amides is 2. The second kappa shape index (κ2) is 13.3. The average molecular weight is 658 g/mol. The van der Waals surface area contributed by atoms with Gasteiger partial charge in [0, 0.05) is 74.7 Å². The molecule has 0 spiro atoms. The highest BCUT2D eigenvalue weighted by Crippen LogP contribution is 2.40. The van der Waals surface area contributed by atoms with E-state index in [0.29, 0.717) is 55.1 Å². The molecule has 2 amide bonds. The molecule has 5 aromatic rings. The number of nitrogens with zero attached hydrogens (tertiary/aromatic N) is 5. The van der Waals surface area contributed by atoms with Crippen molar-refractivity contribution in [3.63, 3.8) is 0 Å². The number of rotatable bonds is 8. The number of halogens is 3. The van der Waals surface area contributed by atoms with Crippen molar-refractivity contribution >= 4 is 34.2 Å². The van der Waals surface area contributed by atoms with E-state index in [1.807, 2.05) is 30.8 Å². The quantitative estimate of drug-likeness (QED) is 0.190. The highest BCUT2D eigenvalue weighted by molar-refractivity contribution is 6.04. The molecular formula is C35H34F3N7O3. The number of carbonyl (C=O) groups excluding carboxylic acids is 2. The normalized spacial score (nSPS) is 13.8. The minimum Gasteiger partial charge on any atom is -0.437 e. The Balaban J connectivity index is 1.22. The van der Waals surface area contributed by atoms with Crippen LogP contribution >= 0.6 is 0 Å². The molecule has 0 radical (unpaired) electrons. The van der Waals surface area contributed by atoms with Crippen LogP contribution in [0.1, 0.15) is 41.3 Å². The third kappa shape index (κ3) is 7.09. The van der Waals surface area contributed by atoms with E-state index < -0.39 is 17.6 Å². The zero-order chi connectivity index (χ0) is 34.0. The third-order valence-electron chi connectivity index (χ3n) is 8.44. The molecule has 13 heteroatoms. The van der Waals surface area contributed by atoms with Gasteiger partial charge < -0.3 is 24.8 Å². The fraction of sp³-hybridized carbons (Fsp3) is 0.286. The van der Waals surface area contributed by atoms with Crippen LogP contribution in [0.15, 0.2) is 73.2 Å². The number of hydrogen-bond donors (Lipinski definition) is 2. The van der Waals surface area contributed by atoms with Crippen molar-refractivity contribution in [3.8, 4) is 23.0 Å². The summed E-state index contributed by atoms with van der Waals surface area (Å²) >= 11 is 0. The molecule has 0 aliphatic carbocycles. The Morgan fingerprint density at radius 2 is 1.75 bits per heavy atom. The lowest BCUT2D eigenvalue weighted by molar-refractivity contribution is -0.137. The van der Waals surface area contributed by atoms with Crippen LogP contribution in [0.25, 0.3) is 22.4 Å². The Bertz CT molecular complexity index is 1970. The molecule has 48 heavy (non-hydrogen) atoms. The van der Waals surface area contributed by atoms with Crippen LogP contribution < -0.4 is 20.3 Å². The van der Waals surface area contributed by atoms with E-state index in [2.05, 4.69) is 25.6 Å². The van der Waals surface area contributed by atoms with E-state index in [4.69, 9.17) is 4.74 Å². The van der Waals surface area contributed by atoms with E-state index in [1.165, 1.54) is 25.1 Å². The Kier molecular flexibility index (Phi) is 9.03. The molecule has 1 saturated heterocycles. The summed E-state index contributed by atoms with van der Waals surface area (Å²) in [6.07, 6.45) is 1.81. The van der Waals surface area contributed by atoms with E-state index in [0.717, 1.165) is 17.2 Å². The number of pyridine rings is 1. The van der Waals surface area contributed by atoms with Crippen LogP contribution in [-0.2, 0) is 18.0 Å². The molecule has 4 heterocycles. The first-order valence-corrected chi connectivity index (χ1v) is 15.5. The summed E-state index contributed by atoms with van der Waals surface area (Å²) in [6, 6.07) is 14.1. The van der Waals surface area contributed by atoms with Gasteiger partial charge in [-0.3, -0.25) is 14.6 Å². The van der Waals surface area contributed by atoms with Gasteiger partial charge in [0.2, 0.25) is 11.8 Å². The standard InChI is InChI=1S/C35H34F3N7O3/c1-21-4-5-25(18-30(21)48-34-31-28(12-15-44(31)3)42-32(43-34)24-8-13-39-14-9-24)33(47)41-26-6-7-29(27(19-26)35(36,37)38)45-16-10-23(11-17-45)20-40-22(2)46/h4-9,12-15,18-19,23H,10-11,16-17,20H2,1-3H3,(H,40,46)(H,41,47). The van der Waals surface area contributed by atoms with Crippen molar-refractivity contribution in [1.82, 2.24) is 24.8 Å². The number of fused-ring (bicyclic) bond motifs is 1. The molecule has 1 aliphatic heterocycles. The van der Waals surface area contributed by atoms with Gasteiger partial charge in [0.25, 0.3) is 5.91 Å². The number of piperidine rings is 1. The van der Waals surface area contributed by atoms with Crippen molar-refractivity contribution < 1.29 is 27.5 Å². The lowest BCUT2D eigenvalue weighted by Gasteiger charge is -2.35. The van der Waals surface area contributed by atoms with Crippen molar-refractivity contribution in [3.05, 3.63) is 89.9 Å². The summed E-state index contributed by atoms with van der Waals surface area (Å²) in [6.45, 7) is 4.63. The summed E-state index contributed by atoms with van der Waals surface area (Å²) in [7, 11) is 1.85. The second-order valence-electron chi connectivity index (χ2n) is 11.9. The van der Waals surface area contributed by atoms with Gasteiger partial charge in [-0.1, -0.05) is 6.07 Å². The lowest BCUT2D eigenvalue weighted by atomic mass is 9.95. The smallest absolute Gasteiger partial charge is 0.418 e. The van der Waals surface area contributed by atoms with Crippen LogP contribution in [0.3, 0.4) is 0 Å². The number of hydrogen-bond acceptors (Lipinski definition) is 7. The van der Waals surface area contributed by atoms with Gasteiger partial charge in [-0.2, -0.15) is 18.2 Å². The SMILES string of the molecule is CC(=O)NCC1CCN(c2ccc(NC(=O)c3ccc(C)c(Oc4nc(-c5ccncc5)nc5ccn(C)c45)c3)cc2C(F)(F)F)CC1. The van der Waals surface area contributed by atoms with Crippen molar-refractivity contribution in [2.24, 2.45) is 13.0 Å². The molecule has 0 atom stereocenters. The van der Waals surface area contributed by atoms with Gasteiger partial charge in [-0.25, -0.2) is 4.98 Å². The Hall–Kier alpha value is -5.46. The van der Waals surface area contributed by atoms with E-state index in [9.17, 15) is 22.8 Å². The van der Waals surface area contributed by atoms with Gasteiger partial charge in [0.15, 0.2) is 5.82 Å². The molecule has 10 nitrogen and oxygen atoms in total. The Morgan fingerprint density at radius 1 is 1.00 bits per heavy atom. The van der Waals surface area contributed by atoms with Crippen molar-refractivity contribution in [1.29, 1.82) is 0 Å². The number of nitrogens with one attached hydrogen (secondary N) is 2. The highest BCUT2D eigenvalue weighted by Gasteiger charge is 2.36. The molecule has 0 saturated carbocycles. The van der Waals surface area contributed by atoms with E-state index in [-0.39, 0.29) is 34.6 Å². The predicted molar refractivity (Wildman–Crippen MR) is 176 cm³/mol. The summed E-state index contributed by atoms with van der Waals surface area (Å²) in [5, 5.41) is 5.41. The Labute approximate surface area is 275 Å². The number of anilines is 2. The third-order valence-corrected chi connectivity index (χ3v) is 8.44. The number of ether oxygens (including phenoxy) is 1. The molecule has 1 aliphatic rings. The minimum atomic E-state index is -4.64. The van der Waals surface area contributed by atoms with Gasteiger partial charge in [-0.15, -0.1) is 0 Å². The molecule has 1 fully saturated rings. The molecule has 0 bridgehead atoms. The maximum atomic E-state index is 14.3. The lowest BCUT2D eigenvalue weighted by Crippen LogP contribution is -2.39. The number of aromatic nitrogens is 4. The molecule has 3 aromatic heterocycles. The summed E-state index contributed by atoms with van der Waals surface area (Å²) < 4.78 is 50.9. The number of aryl methyl sites for hydroxylation is 2. The first-order chi connectivity index (χ1) is 23.0. The fourth-order valence-corrected chi connectivity index (χ4v) is 5.80. The average Bonchev–Trinajstić information content (AvgIpc) is 3.45. The van der Waals surface area contributed by atoms with Gasteiger partial charge >= 0.3 is 6.18 Å².